The molecule has 0 aliphatic rings. The van der Waals surface area contributed by atoms with Crippen molar-refractivity contribution in [2.24, 2.45) is 0 Å². The van der Waals surface area contributed by atoms with Gasteiger partial charge in [-0.15, -0.1) is 0 Å². The van der Waals surface area contributed by atoms with Crippen LogP contribution in [0, 0.1) is 6.92 Å². The molecule has 0 spiro atoms. The molecular formula is C39H39N3O3S. The molecule has 0 fully saturated rings. The van der Waals surface area contributed by atoms with E-state index < -0.39 is 12.0 Å². The zero-order valence-electron chi connectivity index (χ0n) is 26.2. The molecule has 1 unspecified atom stereocenters. The Morgan fingerprint density at radius 1 is 0.826 bits per heavy atom. The summed E-state index contributed by atoms with van der Waals surface area (Å²) in [5, 5.41) is 12.8. The summed E-state index contributed by atoms with van der Waals surface area (Å²) in [5.74, 6) is -0.791. The smallest absolute Gasteiger partial charge is 0.326 e. The number of carboxylic acids is 1. The first-order valence-corrected chi connectivity index (χ1v) is 16.8. The molecule has 2 N–H and O–H groups in total. The molecule has 0 aliphatic heterocycles. The number of nitrogens with one attached hydrogen (secondary N) is 1. The molecule has 1 amide bonds. The number of nitrogens with zero attached hydrogens (tertiary/aromatic N) is 2. The van der Waals surface area contributed by atoms with Crippen LogP contribution in [0.15, 0.2) is 122 Å². The molecule has 7 heteroatoms. The first kappa shape index (κ1) is 32.5. The molecule has 0 saturated carbocycles. The third-order valence-electron chi connectivity index (χ3n) is 8.06. The number of hydrogen-bond donors (Lipinski definition) is 2. The van der Waals surface area contributed by atoms with Crippen molar-refractivity contribution in [1.82, 2.24) is 10.3 Å². The quantitative estimate of drug-likeness (QED) is 0.131. The summed E-state index contributed by atoms with van der Waals surface area (Å²) in [7, 11) is 0. The SMILES string of the molecule is CSCCC(NC(=O)c1cc(Cc2ccccc2)c(CN(Cc2ccccc2)c2cccnc2)cc1-c1ccccc1C)C(=O)O. The summed E-state index contributed by atoms with van der Waals surface area (Å²) in [6, 6.07) is 35.7. The third kappa shape index (κ3) is 8.43. The number of pyridine rings is 1. The third-order valence-corrected chi connectivity index (χ3v) is 8.70. The van der Waals surface area contributed by atoms with E-state index in [-0.39, 0.29) is 5.91 Å². The summed E-state index contributed by atoms with van der Waals surface area (Å²) in [5.41, 5.74) is 8.60. The number of thioether (sulfide) groups is 1. The van der Waals surface area contributed by atoms with E-state index in [0.717, 1.165) is 39.1 Å². The Morgan fingerprint density at radius 3 is 2.17 bits per heavy atom. The van der Waals surface area contributed by atoms with Crippen LogP contribution in [0.5, 0.6) is 0 Å². The molecule has 4 aromatic carbocycles. The van der Waals surface area contributed by atoms with Gasteiger partial charge in [-0.25, -0.2) is 4.79 Å². The lowest BCUT2D eigenvalue weighted by molar-refractivity contribution is -0.139. The monoisotopic (exact) mass is 629 g/mol. The van der Waals surface area contributed by atoms with Crippen LogP contribution in [-0.2, 0) is 24.3 Å². The van der Waals surface area contributed by atoms with E-state index in [1.807, 2.05) is 92.2 Å². The highest BCUT2D eigenvalue weighted by Gasteiger charge is 2.25. The van der Waals surface area contributed by atoms with Crippen LogP contribution in [0.1, 0.15) is 44.6 Å². The van der Waals surface area contributed by atoms with Crippen molar-refractivity contribution in [2.75, 3.05) is 16.9 Å². The minimum Gasteiger partial charge on any atom is -0.480 e. The van der Waals surface area contributed by atoms with E-state index in [1.54, 1.807) is 18.0 Å². The van der Waals surface area contributed by atoms with Gasteiger partial charge in [0.05, 0.1) is 11.9 Å². The van der Waals surface area contributed by atoms with Crippen molar-refractivity contribution in [3.05, 3.63) is 155 Å². The van der Waals surface area contributed by atoms with E-state index in [0.29, 0.717) is 37.2 Å². The highest BCUT2D eigenvalue weighted by atomic mass is 32.2. The number of rotatable bonds is 14. The number of hydrogen-bond acceptors (Lipinski definition) is 5. The van der Waals surface area contributed by atoms with E-state index in [4.69, 9.17) is 0 Å². The van der Waals surface area contributed by atoms with Gasteiger partial charge in [0.25, 0.3) is 5.91 Å². The molecule has 5 aromatic rings. The number of benzene rings is 4. The van der Waals surface area contributed by atoms with Crippen LogP contribution in [-0.4, -0.2) is 40.0 Å². The lowest BCUT2D eigenvalue weighted by Gasteiger charge is -2.27. The summed E-state index contributed by atoms with van der Waals surface area (Å²) in [4.78, 5) is 32.9. The average Bonchev–Trinajstić information content (AvgIpc) is 3.08. The maximum atomic E-state index is 14.0. The summed E-state index contributed by atoms with van der Waals surface area (Å²) >= 11 is 1.56. The van der Waals surface area contributed by atoms with E-state index >= 15 is 0 Å². The largest absolute Gasteiger partial charge is 0.480 e. The van der Waals surface area contributed by atoms with E-state index in [9.17, 15) is 14.7 Å². The molecule has 0 bridgehead atoms. The van der Waals surface area contributed by atoms with Gasteiger partial charge >= 0.3 is 5.97 Å². The number of amides is 1. The lowest BCUT2D eigenvalue weighted by atomic mass is 9.88. The Kier molecular flexibility index (Phi) is 11.2. The van der Waals surface area contributed by atoms with E-state index in [1.165, 1.54) is 5.56 Å². The van der Waals surface area contributed by atoms with Gasteiger partial charge < -0.3 is 15.3 Å². The lowest BCUT2D eigenvalue weighted by Crippen LogP contribution is -2.41. The molecule has 1 heterocycles. The number of carbonyl (C=O) groups excluding carboxylic acids is 1. The average molecular weight is 630 g/mol. The van der Waals surface area contributed by atoms with Crippen molar-refractivity contribution in [3.8, 4) is 11.1 Å². The summed E-state index contributed by atoms with van der Waals surface area (Å²) in [6.07, 6.45) is 6.54. The maximum absolute atomic E-state index is 14.0. The molecule has 1 atom stereocenters. The Balaban J connectivity index is 1.65. The Labute approximate surface area is 275 Å². The van der Waals surface area contributed by atoms with Gasteiger partial charge in [0.2, 0.25) is 0 Å². The molecule has 0 saturated heterocycles. The second-order valence-corrected chi connectivity index (χ2v) is 12.3. The van der Waals surface area contributed by atoms with Gasteiger partial charge in [0.15, 0.2) is 0 Å². The second kappa shape index (κ2) is 15.9. The highest BCUT2D eigenvalue weighted by molar-refractivity contribution is 7.98. The van der Waals surface area contributed by atoms with Gasteiger partial charge in [0, 0.05) is 24.8 Å². The minimum absolute atomic E-state index is 0.344. The predicted molar refractivity (Wildman–Crippen MR) is 188 cm³/mol. The molecule has 6 nitrogen and oxygen atoms in total. The number of anilines is 1. The van der Waals surface area contributed by atoms with Crippen LogP contribution in [0.25, 0.3) is 11.1 Å². The van der Waals surface area contributed by atoms with E-state index in [2.05, 4.69) is 51.6 Å². The van der Waals surface area contributed by atoms with Crippen LogP contribution < -0.4 is 10.2 Å². The first-order valence-electron chi connectivity index (χ1n) is 15.4. The fraction of sp³-hybridized carbons (Fsp3) is 0.205. The van der Waals surface area contributed by atoms with Crippen LogP contribution in [0.2, 0.25) is 0 Å². The molecule has 5 rings (SSSR count). The Morgan fingerprint density at radius 2 is 1.52 bits per heavy atom. The molecule has 46 heavy (non-hydrogen) atoms. The topological polar surface area (TPSA) is 82.5 Å². The Hall–Kier alpha value is -4.88. The van der Waals surface area contributed by atoms with Crippen molar-refractivity contribution in [2.45, 2.75) is 38.9 Å². The minimum atomic E-state index is -1.03. The predicted octanol–water partition coefficient (Wildman–Crippen LogP) is 7.79. The molecule has 1 aromatic heterocycles. The number of aryl methyl sites for hydroxylation is 1. The number of aliphatic carboxylic acids is 1. The number of carboxylic acid groups (broad SMARTS) is 1. The van der Waals surface area contributed by atoms with Gasteiger partial charge in [-0.3, -0.25) is 9.78 Å². The molecule has 0 aliphatic carbocycles. The Bertz CT molecular complexity index is 1750. The fourth-order valence-corrected chi connectivity index (χ4v) is 6.09. The maximum Gasteiger partial charge on any atom is 0.326 e. The van der Waals surface area contributed by atoms with Gasteiger partial charge in [-0.05, 0) is 95.0 Å². The fourth-order valence-electron chi connectivity index (χ4n) is 5.62. The second-order valence-electron chi connectivity index (χ2n) is 11.3. The van der Waals surface area contributed by atoms with Crippen molar-refractivity contribution in [1.29, 1.82) is 0 Å². The normalized spacial score (nSPS) is 11.5. The van der Waals surface area contributed by atoms with Crippen molar-refractivity contribution < 1.29 is 14.7 Å². The zero-order valence-corrected chi connectivity index (χ0v) is 27.0. The standard InChI is InChI=1S/C39H39N3O3S/c1-28-12-9-10-18-34(28)35-24-32(27-42(33-17-11-20-40-25-33)26-30-15-7-4-8-16-30)31(22-29-13-5-3-6-14-29)23-36(35)38(43)41-37(39(44)45)19-21-46-2/h3-18,20,23-25,37H,19,21-22,26-27H2,1-2H3,(H,41,43)(H,44,45). The van der Waals surface area contributed by atoms with Crippen LogP contribution >= 0.6 is 11.8 Å². The van der Waals surface area contributed by atoms with Crippen LogP contribution in [0.4, 0.5) is 5.69 Å². The zero-order chi connectivity index (χ0) is 32.3. The van der Waals surface area contributed by atoms with Gasteiger partial charge in [-0.1, -0.05) is 84.9 Å². The molecule has 234 valence electrons. The first-order chi connectivity index (χ1) is 22.4. The highest BCUT2D eigenvalue weighted by Crippen LogP contribution is 2.33. The van der Waals surface area contributed by atoms with Gasteiger partial charge in [0.1, 0.15) is 6.04 Å². The summed E-state index contributed by atoms with van der Waals surface area (Å²) < 4.78 is 0. The van der Waals surface area contributed by atoms with Crippen LogP contribution in [0.3, 0.4) is 0 Å². The van der Waals surface area contributed by atoms with Gasteiger partial charge in [-0.2, -0.15) is 11.8 Å². The van der Waals surface area contributed by atoms with Crippen molar-refractivity contribution >= 4 is 29.3 Å². The summed E-state index contributed by atoms with van der Waals surface area (Å²) in [6.45, 7) is 3.29. The molecule has 0 radical (unpaired) electrons. The number of carbonyl (C=O) groups is 2. The molecular weight excluding hydrogens is 591 g/mol. The number of aromatic nitrogens is 1. The van der Waals surface area contributed by atoms with Crippen molar-refractivity contribution in [3.63, 3.8) is 0 Å².